The number of hydrogen-bond donors (Lipinski definition) is 1. The van der Waals surface area contributed by atoms with Gasteiger partial charge in [0.2, 0.25) is 0 Å². The highest BCUT2D eigenvalue weighted by molar-refractivity contribution is 5.88. The molecule has 1 N–H and O–H groups in total. The number of aromatic amines is 1. The van der Waals surface area contributed by atoms with Crippen LogP contribution in [0, 0.1) is 0 Å². The summed E-state index contributed by atoms with van der Waals surface area (Å²) in [6.07, 6.45) is 0. The minimum atomic E-state index is -0.526. The molecule has 2 aromatic heterocycles. The van der Waals surface area contributed by atoms with Gasteiger partial charge in [-0.05, 0) is 28.6 Å². The lowest BCUT2D eigenvalue weighted by molar-refractivity contribution is 0.0452. The normalized spacial score (nSPS) is 10.6. The minimum absolute atomic E-state index is 0.0551. The number of ether oxygens (including phenoxy) is 1. The summed E-state index contributed by atoms with van der Waals surface area (Å²) in [6, 6.07) is 20.6. The first-order valence-electron chi connectivity index (χ1n) is 7.92. The van der Waals surface area contributed by atoms with E-state index in [4.69, 9.17) is 4.74 Å². The average Bonchev–Trinajstić information content (AvgIpc) is 3.37. The second kappa shape index (κ2) is 6.98. The van der Waals surface area contributed by atoms with Crippen molar-refractivity contribution in [3.8, 4) is 16.9 Å². The predicted molar refractivity (Wildman–Crippen MR) is 92.3 cm³/mol. The van der Waals surface area contributed by atoms with E-state index in [1.165, 1.54) is 4.68 Å². The number of nitrogens with zero attached hydrogens (tertiary/aromatic N) is 5. The Hall–Kier alpha value is -3.81. The Morgan fingerprint density at radius 2 is 1.77 bits per heavy atom. The van der Waals surface area contributed by atoms with Gasteiger partial charge < -0.3 is 4.74 Å². The molecule has 2 heterocycles. The van der Waals surface area contributed by atoms with E-state index in [0.717, 1.165) is 11.3 Å². The Kier molecular flexibility index (Phi) is 4.21. The summed E-state index contributed by atoms with van der Waals surface area (Å²) in [5.41, 5.74) is 2.64. The molecule has 2 aromatic carbocycles. The Morgan fingerprint density at radius 3 is 2.54 bits per heavy atom. The molecule has 0 aliphatic heterocycles. The first-order chi connectivity index (χ1) is 12.8. The zero-order valence-corrected chi connectivity index (χ0v) is 13.6. The van der Waals surface area contributed by atoms with E-state index in [1.807, 2.05) is 60.7 Å². The molecule has 0 fully saturated rings. The Labute approximate surface area is 148 Å². The number of hydrogen-bond acceptors (Lipinski definition) is 6. The summed E-state index contributed by atoms with van der Waals surface area (Å²) >= 11 is 0. The third-order valence-corrected chi connectivity index (χ3v) is 3.73. The van der Waals surface area contributed by atoms with Crippen molar-refractivity contribution in [3.63, 3.8) is 0 Å². The molecule has 0 aliphatic carbocycles. The van der Waals surface area contributed by atoms with Gasteiger partial charge in [-0.25, -0.2) is 4.79 Å². The number of carbonyl (C=O) groups is 1. The number of nitrogens with one attached hydrogen (secondary N) is 1. The zero-order chi connectivity index (χ0) is 17.8. The minimum Gasteiger partial charge on any atom is -0.453 e. The van der Waals surface area contributed by atoms with Gasteiger partial charge in [0, 0.05) is 5.56 Å². The van der Waals surface area contributed by atoms with Gasteiger partial charge in [-0.15, -0.1) is 5.10 Å². The van der Waals surface area contributed by atoms with Crippen LogP contribution in [0.2, 0.25) is 0 Å². The standard InChI is InChI=1S/C18H14N6O2/c25-18(16-11-15(19-20-16)13-7-3-1-4-8-13)26-12-17-21-22-23-24(17)14-9-5-2-6-10-14/h1-11H,12H2,(H,19,20). The van der Waals surface area contributed by atoms with Crippen molar-refractivity contribution in [1.29, 1.82) is 0 Å². The van der Waals surface area contributed by atoms with Crippen LogP contribution in [0.5, 0.6) is 0 Å². The van der Waals surface area contributed by atoms with Crippen LogP contribution in [0.4, 0.5) is 0 Å². The second-order valence-electron chi connectivity index (χ2n) is 5.45. The van der Waals surface area contributed by atoms with E-state index in [-0.39, 0.29) is 12.3 Å². The topological polar surface area (TPSA) is 98.6 Å². The molecule has 0 bridgehead atoms. The van der Waals surface area contributed by atoms with Crippen LogP contribution in [0.3, 0.4) is 0 Å². The SMILES string of the molecule is O=C(OCc1nnnn1-c1ccccc1)c1cc(-c2ccccc2)n[nH]1. The third-order valence-electron chi connectivity index (χ3n) is 3.73. The molecule has 4 aromatic rings. The van der Waals surface area contributed by atoms with Crippen molar-refractivity contribution in [1.82, 2.24) is 30.4 Å². The van der Waals surface area contributed by atoms with E-state index in [9.17, 15) is 4.79 Å². The van der Waals surface area contributed by atoms with Crippen molar-refractivity contribution in [3.05, 3.63) is 78.2 Å². The highest BCUT2D eigenvalue weighted by Gasteiger charge is 2.15. The van der Waals surface area contributed by atoms with Crippen LogP contribution in [0.1, 0.15) is 16.3 Å². The molecule has 8 heteroatoms. The molecular weight excluding hydrogens is 332 g/mol. The number of H-pyrrole nitrogens is 1. The summed E-state index contributed by atoms with van der Waals surface area (Å²) in [7, 11) is 0. The Morgan fingerprint density at radius 1 is 1.04 bits per heavy atom. The van der Waals surface area contributed by atoms with E-state index in [0.29, 0.717) is 11.5 Å². The van der Waals surface area contributed by atoms with E-state index in [1.54, 1.807) is 6.07 Å². The lowest BCUT2D eigenvalue weighted by Crippen LogP contribution is -2.10. The van der Waals surface area contributed by atoms with Crippen LogP contribution in [-0.4, -0.2) is 36.4 Å². The average molecular weight is 346 g/mol. The number of benzene rings is 2. The fourth-order valence-corrected chi connectivity index (χ4v) is 2.46. The molecule has 0 aliphatic rings. The first kappa shape index (κ1) is 15.7. The van der Waals surface area contributed by atoms with E-state index < -0.39 is 5.97 Å². The predicted octanol–water partition coefficient (Wildman–Crippen LogP) is 2.41. The molecule has 0 amide bonds. The van der Waals surface area contributed by atoms with Crippen molar-refractivity contribution < 1.29 is 9.53 Å². The quantitative estimate of drug-likeness (QED) is 0.557. The van der Waals surface area contributed by atoms with Crippen LogP contribution >= 0.6 is 0 Å². The molecule has 4 rings (SSSR count). The maximum absolute atomic E-state index is 12.3. The van der Waals surface area contributed by atoms with Gasteiger partial charge in [0.15, 0.2) is 12.4 Å². The maximum atomic E-state index is 12.3. The molecule has 0 unspecified atom stereocenters. The number of esters is 1. The fraction of sp³-hybridized carbons (Fsp3) is 0.0556. The monoisotopic (exact) mass is 346 g/mol. The van der Waals surface area contributed by atoms with Crippen molar-refractivity contribution >= 4 is 5.97 Å². The van der Waals surface area contributed by atoms with Crippen molar-refractivity contribution in [2.45, 2.75) is 6.61 Å². The van der Waals surface area contributed by atoms with E-state index in [2.05, 4.69) is 25.7 Å². The third kappa shape index (κ3) is 3.20. The van der Waals surface area contributed by atoms with Crippen LogP contribution in [-0.2, 0) is 11.3 Å². The van der Waals surface area contributed by atoms with Gasteiger partial charge in [0.1, 0.15) is 5.69 Å². The summed E-state index contributed by atoms with van der Waals surface area (Å²) < 4.78 is 6.83. The fourth-order valence-electron chi connectivity index (χ4n) is 2.46. The maximum Gasteiger partial charge on any atom is 0.356 e. The van der Waals surface area contributed by atoms with Gasteiger partial charge >= 0.3 is 5.97 Å². The molecule has 128 valence electrons. The Bertz CT molecular complexity index is 1010. The zero-order valence-electron chi connectivity index (χ0n) is 13.6. The van der Waals surface area contributed by atoms with Gasteiger partial charge in [-0.1, -0.05) is 48.5 Å². The summed E-state index contributed by atoms with van der Waals surface area (Å²) in [4.78, 5) is 12.3. The van der Waals surface area contributed by atoms with Crippen LogP contribution < -0.4 is 0 Å². The number of para-hydroxylation sites is 1. The molecule has 0 radical (unpaired) electrons. The van der Waals surface area contributed by atoms with Crippen molar-refractivity contribution in [2.24, 2.45) is 0 Å². The first-order valence-corrected chi connectivity index (χ1v) is 7.92. The van der Waals surface area contributed by atoms with Crippen LogP contribution in [0.25, 0.3) is 16.9 Å². The van der Waals surface area contributed by atoms with Gasteiger partial charge in [-0.3, -0.25) is 5.10 Å². The lowest BCUT2D eigenvalue weighted by atomic mass is 10.1. The largest absolute Gasteiger partial charge is 0.453 e. The van der Waals surface area contributed by atoms with Crippen LogP contribution in [0.15, 0.2) is 66.7 Å². The van der Waals surface area contributed by atoms with Gasteiger partial charge in [0.05, 0.1) is 11.4 Å². The molecule has 26 heavy (non-hydrogen) atoms. The smallest absolute Gasteiger partial charge is 0.356 e. The van der Waals surface area contributed by atoms with E-state index >= 15 is 0 Å². The van der Waals surface area contributed by atoms with Crippen molar-refractivity contribution in [2.75, 3.05) is 0 Å². The number of aromatic nitrogens is 6. The summed E-state index contributed by atoms with van der Waals surface area (Å²) in [5.74, 6) is -0.102. The highest BCUT2D eigenvalue weighted by atomic mass is 16.5. The van der Waals surface area contributed by atoms with Gasteiger partial charge in [-0.2, -0.15) is 9.78 Å². The highest BCUT2D eigenvalue weighted by Crippen LogP contribution is 2.17. The number of tetrazole rings is 1. The molecule has 0 saturated carbocycles. The molecular formula is C18H14N6O2. The molecule has 0 atom stereocenters. The Balaban J connectivity index is 1.46. The number of rotatable bonds is 5. The lowest BCUT2D eigenvalue weighted by Gasteiger charge is -2.04. The second-order valence-corrected chi connectivity index (χ2v) is 5.45. The summed E-state index contributed by atoms with van der Waals surface area (Å²) in [5, 5.41) is 18.3. The number of carbonyl (C=O) groups excluding carboxylic acids is 1. The molecule has 0 saturated heterocycles. The van der Waals surface area contributed by atoms with Gasteiger partial charge in [0.25, 0.3) is 0 Å². The summed E-state index contributed by atoms with van der Waals surface area (Å²) in [6.45, 7) is -0.0551. The molecule has 0 spiro atoms. The molecule has 8 nitrogen and oxygen atoms in total.